The Labute approximate surface area is 93.5 Å². The molecule has 0 unspecified atom stereocenters. The Morgan fingerprint density at radius 3 is 1.88 bits per heavy atom. The Morgan fingerprint density at radius 1 is 1.00 bits per heavy atom. The van der Waals surface area contributed by atoms with Crippen LogP contribution in [0.2, 0.25) is 0 Å². The second-order valence-electron chi connectivity index (χ2n) is 2.99. The normalized spacial score (nSPS) is 10.0. The largest absolute Gasteiger partial charge is 0.768 e. The molecule has 0 atom stereocenters. The summed E-state index contributed by atoms with van der Waals surface area (Å²) in [6.07, 6.45) is 3.05. The van der Waals surface area contributed by atoms with E-state index in [-0.39, 0.29) is 13.2 Å². The van der Waals surface area contributed by atoms with E-state index >= 15 is 0 Å². The van der Waals surface area contributed by atoms with E-state index in [2.05, 4.69) is 0 Å². The van der Waals surface area contributed by atoms with Gasteiger partial charge in [-0.2, -0.15) is 0 Å². The van der Waals surface area contributed by atoms with Crippen LogP contribution >= 0.6 is 0 Å². The zero-order valence-electron chi connectivity index (χ0n) is 8.42. The summed E-state index contributed by atoms with van der Waals surface area (Å²) in [4.78, 5) is 0. The average Bonchev–Trinajstić information content (AvgIpc) is 2.96. The van der Waals surface area contributed by atoms with Crippen molar-refractivity contribution in [2.75, 3.05) is 0 Å². The first-order valence-electron chi connectivity index (χ1n) is 4.69. The fraction of sp³-hybridized carbons (Fsp3) is 0.200. The lowest BCUT2D eigenvalue weighted by molar-refractivity contribution is 0.137. The van der Waals surface area contributed by atoms with Crippen molar-refractivity contribution < 1.29 is 22.1 Å². The highest BCUT2D eigenvalue weighted by molar-refractivity contribution is 6.26. The average molecular weight is 238 g/mol. The first-order valence-corrected chi connectivity index (χ1v) is 5.91. The number of hydrogen-bond donors (Lipinski definition) is 0. The van der Waals surface area contributed by atoms with Crippen LogP contribution in [0.25, 0.3) is 0 Å². The predicted octanol–water partition coefficient (Wildman–Crippen LogP) is 2.02. The molecule has 0 spiro atoms. The maximum atomic E-state index is 11.3. The molecule has 0 saturated carbocycles. The topological polar surface area (TPSA) is 61.8 Å². The van der Waals surface area contributed by atoms with Gasteiger partial charge in [-0.05, 0) is 24.3 Å². The maximum absolute atomic E-state index is 11.3. The monoisotopic (exact) mass is 238 g/mol. The van der Waals surface area contributed by atoms with Crippen LogP contribution in [0.4, 0.5) is 0 Å². The Hall–Kier alpha value is -1.82. The highest BCUT2D eigenvalue weighted by atomic mass is 28.3. The third kappa shape index (κ3) is 3.09. The van der Waals surface area contributed by atoms with E-state index in [0.717, 1.165) is 0 Å². The van der Waals surface area contributed by atoms with Crippen LogP contribution in [0.15, 0.2) is 45.6 Å². The van der Waals surface area contributed by atoms with Gasteiger partial charge in [0, 0.05) is 0 Å². The van der Waals surface area contributed by atoms with E-state index in [4.69, 9.17) is 17.7 Å². The molecule has 2 heterocycles. The van der Waals surface area contributed by atoms with Crippen molar-refractivity contribution in [2.24, 2.45) is 0 Å². The standard InChI is InChI=1S/C10H10O5Si/c11-16(14-7-9-3-1-5-12-9)15-8-10-4-2-6-13-10/h1-6H,7-8H2. The molecular weight excluding hydrogens is 228 g/mol. The van der Waals surface area contributed by atoms with E-state index in [0.29, 0.717) is 11.5 Å². The van der Waals surface area contributed by atoms with Crippen molar-refractivity contribution in [3.8, 4) is 0 Å². The molecular formula is C10H10O5Si. The van der Waals surface area contributed by atoms with Gasteiger partial charge in [-0.3, -0.25) is 4.46 Å². The van der Waals surface area contributed by atoms with Gasteiger partial charge in [-0.25, -0.2) is 0 Å². The summed E-state index contributed by atoms with van der Waals surface area (Å²) in [6, 6.07) is 6.95. The van der Waals surface area contributed by atoms with Crippen LogP contribution in [0.5, 0.6) is 0 Å². The summed E-state index contributed by atoms with van der Waals surface area (Å²) in [5.41, 5.74) is 0. The first kappa shape index (κ1) is 10.7. The van der Waals surface area contributed by atoms with Crippen LogP contribution in [-0.4, -0.2) is 9.17 Å². The second-order valence-corrected chi connectivity index (χ2v) is 4.06. The second kappa shape index (κ2) is 5.31. The predicted molar refractivity (Wildman–Crippen MR) is 53.4 cm³/mol. The molecule has 2 rings (SSSR count). The quantitative estimate of drug-likeness (QED) is 0.720. The number of furan rings is 2. The minimum Gasteiger partial charge on any atom is -0.489 e. The highest BCUT2D eigenvalue weighted by Gasteiger charge is 2.12. The molecule has 0 amide bonds. The van der Waals surface area contributed by atoms with Crippen molar-refractivity contribution in [1.82, 2.24) is 0 Å². The minimum atomic E-state index is -2.51. The lowest BCUT2D eigenvalue weighted by Crippen LogP contribution is -2.11. The summed E-state index contributed by atoms with van der Waals surface area (Å²) in [5.74, 6) is 1.22. The molecule has 0 aliphatic heterocycles. The van der Waals surface area contributed by atoms with Gasteiger partial charge < -0.3 is 17.7 Å². The van der Waals surface area contributed by atoms with Crippen LogP contribution in [0.1, 0.15) is 11.5 Å². The van der Waals surface area contributed by atoms with E-state index in [9.17, 15) is 4.46 Å². The van der Waals surface area contributed by atoms with E-state index in [1.807, 2.05) is 0 Å². The third-order valence-electron chi connectivity index (χ3n) is 1.82. The SMILES string of the molecule is O=[Si](OCc1ccco1)OCc1ccco1. The Bertz CT molecular complexity index is 380. The fourth-order valence-corrected chi connectivity index (χ4v) is 1.69. The van der Waals surface area contributed by atoms with Crippen molar-refractivity contribution in [3.63, 3.8) is 0 Å². The molecule has 0 saturated heterocycles. The smallest absolute Gasteiger partial charge is 0.489 e. The molecule has 2 aromatic rings. The summed E-state index contributed by atoms with van der Waals surface area (Å²) in [5, 5.41) is 0. The van der Waals surface area contributed by atoms with Crippen molar-refractivity contribution in [2.45, 2.75) is 13.2 Å². The van der Waals surface area contributed by atoms with Gasteiger partial charge in [0.05, 0.1) is 12.5 Å². The zero-order chi connectivity index (χ0) is 11.2. The summed E-state index contributed by atoms with van der Waals surface area (Å²) < 4.78 is 31.3. The molecule has 16 heavy (non-hydrogen) atoms. The Balaban J connectivity index is 1.69. The minimum absolute atomic E-state index is 0.142. The van der Waals surface area contributed by atoms with Gasteiger partial charge in [-0.1, -0.05) is 0 Å². The van der Waals surface area contributed by atoms with Crippen LogP contribution < -0.4 is 0 Å². The molecule has 0 fully saturated rings. The van der Waals surface area contributed by atoms with E-state index in [1.165, 1.54) is 12.5 Å². The van der Waals surface area contributed by atoms with Gasteiger partial charge in [0.1, 0.15) is 24.7 Å². The zero-order valence-corrected chi connectivity index (χ0v) is 9.42. The van der Waals surface area contributed by atoms with Gasteiger partial charge in [-0.15, -0.1) is 0 Å². The molecule has 0 aromatic carbocycles. The van der Waals surface area contributed by atoms with E-state index in [1.54, 1.807) is 24.3 Å². The van der Waals surface area contributed by atoms with Gasteiger partial charge in [0.25, 0.3) is 0 Å². The fourth-order valence-electron chi connectivity index (χ4n) is 1.09. The van der Waals surface area contributed by atoms with Crippen molar-refractivity contribution >= 4 is 9.17 Å². The van der Waals surface area contributed by atoms with Gasteiger partial charge >= 0.3 is 9.17 Å². The lowest BCUT2D eigenvalue weighted by Gasteiger charge is -2.02. The molecule has 0 aliphatic carbocycles. The van der Waals surface area contributed by atoms with Crippen LogP contribution in [0, 0.1) is 0 Å². The van der Waals surface area contributed by atoms with Crippen molar-refractivity contribution in [3.05, 3.63) is 48.3 Å². The third-order valence-corrected chi connectivity index (χ3v) is 2.58. The van der Waals surface area contributed by atoms with Crippen molar-refractivity contribution in [1.29, 1.82) is 0 Å². The molecule has 0 radical (unpaired) electrons. The van der Waals surface area contributed by atoms with Gasteiger partial charge in [0.15, 0.2) is 0 Å². The summed E-state index contributed by atoms with van der Waals surface area (Å²) in [6.45, 7) is 0.284. The number of rotatable bonds is 6. The molecule has 6 heteroatoms. The first-order chi connectivity index (χ1) is 7.84. The maximum Gasteiger partial charge on any atom is 0.768 e. The van der Waals surface area contributed by atoms with Gasteiger partial charge in [0.2, 0.25) is 0 Å². The Morgan fingerprint density at radius 2 is 1.50 bits per heavy atom. The van der Waals surface area contributed by atoms with Crippen LogP contribution in [-0.2, 0) is 26.5 Å². The molecule has 84 valence electrons. The summed E-state index contributed by atoms with van der Waals surface area (Å²) in [7, 11) is -2.51. The molecule has 5 nitrogen and oxygen atoms in total. The van der Waals surface area contributed by atoms with E-state index < -0.39 is 9.17 Å². The highest BCUT2D eigenvalue weighted by Crippen LogP contribution is 2.04. The van der Waals surface area contributed by atoms with Crippen LogP contribution in [0.3, 0.4) is 0 Å². The number of hydrogen-bond acceptors (Lipinski definition) is 5. The lowest BCUT2D eigenvalue weighted by atomic mass is 10.5. The molecule has 2 aromatic heterocycles. The summed E-state index contributed by atoms with van der Waals surface area (Å²) >= 11 is 0. The molecule has 0 N–H and O–H groups in total. The molecule has 0 bridgehead atoms. The Kier molecular flexibility index (Phi) is 3.55. The molecule has 0 aliphatic rings.